The van der Waals surface area contributed by atoms with Gasteiger partial charge in [0.15, 0.2) is 0 Å². The normalized spacial score (nSPS) is 14.1. The highest BCUT2D eigenvalue weighted by Gasteiger charge is 2.28. The number of benzene rings is 2. The Bertz CT molecular complexity index is 1280. The van der Waals surface area contributed by atoms with Gasteiger partial charge in [-0.2, -0.15) is 0 Å². The van der Waals surface area contributed by atoms with Crippen molar-refractivity contribution in [2.45, 2.75) is 39.2 Å². The maximum absolute atomic E-state index is 13.7. The molecule has 1 aromatic heterocycles. The summed E-state index contributed by atoms with van der Waals surface area (Å²) in [5, 5.41) is 3.21. The van der Waals surface area contributed by atoms with Gasteiger partial charge in [0.2, 0.25) is 0 Å². The second-order valence-electron chi connectivity index (χ2n) is 8.75. The molecule has 0 saturated carbocycles. The minimum absolute atomic E-state index is 0.0193. The highest BCUT2D eigenvalue weighted by atomic mass is 35.5. The van der Waals surface area contributed by atoms with E-state index >= 15 is 0 Å². The van der Waals surface area contributed by atoms with Crippen molar-refractivity contribution in [1.29, 1.82) is 0 Å². The third kappa shape index (κ3) is 5.20. The van der Waals surface area contributed by atoms with Crippen LogP contribution >= 0.6 is 11.6 Å². The Hall–Kier alpha value is -3.32. The molecule has 4 rings (SSSR count). The minimum Gasteiger partial charge on any atom is -0.497 e. The van der Waals surface area contributed by atoms with Gasteiger partial charge in [0, 0.05) is 31.5 Å². The lowest BCUT2D eigenvalue weighted by Crippen LogP contribution is -2.39. The summed E-state index contributed by atoms with van der Waals surface area (Å²) >= 11 is 6.52. The molecule has 0 spiro atoms. The van der Waals surface area contributed by atoms with Crippen molar-refractivity contribution in [1.82, 2.24) is 9.47 Å². The molecule has 1 N–H and O–H groups in total. The zero-order valence-electron chi connectivity index (χ0n) is 20.1. The van der Waals surface area contributed by atoms with Crippen LogP contribution in [0.3, 0.4) is 0 Å². The first-order valence-electron chi connectivity index (χ1n) is 11.7. The molecule has 1 fully saturated rings. The number of aryl methyl sites for hydroxylation is 2. The van der Waals surface area contributed by atoms with Crippen molar-refractivity contribution >= 4 is 28.9 Å². The Balaban J connectivity index is 1.62. The topological polar surface area (TPSA) is 63.6 Å². The van der Waals surface area contributed by atoms with Crippen LogP contribution in [-0.4, -0.2) is 35.6 Å². The molecule has 0 atom stereocenters. The van der Waals surface area contributed by atoms with Crippen molar-refractivity contribution in [3.63, 3.8) is 0 Å². The zero-order valence-corrected chi connectivity index (χ0v) is 20.9. The number of methoxy groups -OCH3 is 1. The first-order valence-corrected chi connectivity index (χ1v) is 12.1. The summed E-state index contributed by atoms with van der Waals surface area (Å²) in [5.74, 6) is 0.546. The van der Waals surface area contributed by atoms with Crippen molar-refractivity contribution in [2.24, 2.45) is 0 Å². The number of halogens is 2. The van der Waals surface area contributed by atoms with Gasteiger partial charge in [-0.25, -0.2) is 4.39 Å². The summed E-state index contributed by atoms with van der Waals surface area (Å²) in [7, 11) is 1.60. The van der Waals surface area contributed by atoms with Crippen molar-refractivity contribution in [3.8, 4) is 5.75 Å². The van der Waals surface area contributed by atoms with E-state index in [1.807, 2.05) is 38.1 Å². The van der Waals surface area contributed by atoms with Gasteiger partial charge < -0.3 is 19.5 Å². The van der Waals surface area contributed by atoms with Gasteiger partial charge in [-0.05, 0) is 74.1 Å². The monoisotopic (exact) mass is 497 g/mol. The molecule has 1 aliphatic rings. The first kappa shape index (κ1) is 24.8. The van der Waals surface area contributed by atoms with Crippen LogP contribution in [0, 0.1) is 12.7 Å². The lowest BCUT2D eigenvalue weighted by atomic mass is 9.89. The van der Waals surface area contributed by atoms with Gasteiger partial charge in [-0.3, -0.25) is 9.59 Å². The van der Waals surface area contributed by atoms with Crippen LogP contribution in [-0.2, 0) is 6.54 Å². The highest BCUT2D eigenvalue weighted by molar-refractivity contribution is 6.34. The molecule has 1 amide bonds. The van der Waals surface area contributed by atoms with E-state index < -0.39 is 0 Å². The third-order valence-electron chi connectivity index (χ3n) is 6.61. The van der Waals surface area contributed by atoms with Gasteiger partial charge >= 0.3 is 0 Å². The number of hydrogen-bond donors (Lipinski definition) is 1. The second kappa shape index (κ2) is 10.5. The summed E-state index contributed by atoms with van der Waals surface area (Å²) < 4.78 is 20.0. The standard InChI is InChI=1S/C27H29ClFN3O3/c1-4-31-16-22(25(24(28)27(31)34)30-23-10-9-21(35-3)15-17(23)2)26(33)32-13-11-19(12-14-32)18-5-7-20(29)8-6-18/h5-10,15-16,19,30H,4,11-14H2,1-3H3. The molecule has 0 unspecified atom stereocenters. The van der Waals surface area contributed by atoms with Gasteiger partial charge in [0.05, 0.1) is 18.4 Å². The third-order valence-corrected chi connectivity index (χ3v) is 6.96. The molecular formula is C27H29ClFN3O3. The number of likely N-dealkylation sites (tertiary alicyclic amines) is 1. The predicted molar refractivity (Wildman–Crippen MR) is 137 cm³/mol. The molecule has 6 nitrogen and oxygen atoms in total. The van der Waals surface area contributed by atoms with Gasteiger partial charge in [0.25, 0.3) is 11.5 Å². The molecule has 2 aromatic carbocycles. The predicted octanol–water partition coefficient (Wildman–Crippen LogP) is 5.74. The van der Waals surface area contributed by atoms with Crippen molar-refractivity contribution < 1.29 is 13.9 Å². The number of carbonyl (C=O) groups is 1. The average Bonchev–Trinajstić information content (AvgIpc) is 2.88. The summed E-state index contributed by atoms with van der Waals surface area (Å²) in [6.07, 6.45) is 3.14. The summed E-state index contributed by atoms with van der Waals surface area (Å²) in [4.78, 5) is 28.2. The van der Waals surface area contributed by atoms with Crippen molar-refractivity contribution in [3.05, 3.63) is 86.5 Å². The summed E-state index contributed by atoms with van der Waals surface area (Å²) in [5.41, 5.74) is 3.00. The molecule has 1 saturated heterocycles. The van der Waals surface area contributed by atoms with Crippen LogP contribution in [0.4, 0.5) is 15.8 Å². The molecular weight excluding hydrogens is 469 g/mol. The van der Waals surface area contributed by atoms with E-state index in [4.69, 9.17) is 16.3 Å². The fourth-order valence-corrected chi connectivity index (χ4v) is 4.77. The maximum Gasteiger partial charge on any atom is 0.271 e. The van der Waals surface area contributed by atoms with Crippen molar-refractivity contribution in [2.75, 3.05) is 25.5 Å². The minimum atomic E-state index is -0.352. The average molecular weight is 498 g/mol. The van der Waals surface area contributed by atoms with Crippen LogP contribution in [0.1, 0.15) is 47.2 Å². The Morgan fingerprint density at radius 1 is 1.17 bits per heavy atom. The number of anilines is 2. The van der Waals surface area contributed by atoms with Crippen LogP contribution < -0.4 is 15.6 Å². The van der Waals surface area contributed by atoms with Gasteiger partial charge in [0.1, 0.15) is 16.6 Å². The van der Waals surface area contributed by atoms with Crippen LogP contribution in [0.2, 0.25) is 5.02 Å². The number of aromatic nitrogens is 1. The Morgan fingerprint density at radius 3 is 2.46 bits per heavy atom. The van der Waals surface area contributed by atoms with Crippen LogP contribution in [0.25, 0.3) is 0 Å². The molecule has 0 aliphatic carbocycles. The highest BCUT2D eigenvalue weighted by Crippen LogP contribution is 2.33. The number of piperidine rings is 1. The van der Waals surface area contributed by atoms with E-state index in [-0.39, 0.29) is 28.2 Å². The number of ether oxygens (including phenoxy) is 1. The number of carbonyl (C=O) groups excluding carboxylic acids is 1. The lowest BCUT2D eigenvalue weighted by molar-refractivity contribution is 0.0713. The molecule has 184 valence electrons. The summed E-state index contributed by atoms with van der Waals surface area (Å²) in [6.45, 7) is 5.26. The number of hydrogen-bond acceptors (Lipinski definition) is 4. The maximum atomic E-state index is 13.7. The van der Waals surface area contributed by atoms with E-state index in [1.54, 1.807) is 24.3 Å². The van der Waals surface area contributed by atoms with E-state index in [1.165, 1.54) is 16.7 Å². The lowest BCUT2D eigenvalue weighted by Gasteiger charge is -2.33. The Kier molecular flexibility index (Phi) is 7.45. The Labute approximate surface area is 209 Å². The molecule has 0 radical (unpaired) electrons. The summed E-state index contributed by atoms with van der Waals surface area (Å²) in [6, 6.07) is 12.1. The number of rotatable bonds is 6. The van der Waals surface area contributed by atoms with E-state index in [9.17, 15) is 14.0 Å². The zero-order chi connectivity index (χ0) is 25.1. The molecule has 8 heteroatoms. The SMILES string of the molecule is CCn1cc(C(=O)N2CCC(c3ccc(F)cc3)CC2)c(Nc2ccc(OC)cc2C)c(Cl)c1=O. The van der Waals surface area contributed by atoms with E-state index in [2.05, 4.69) is 5.32 Å². The Morgan fingerprint density at radius 2 is 1.86 bits per heavy atom. The molecule has 3 aromatic rings. The van der Waals surface area contributed by atoms with E-state index in [0.717, 1.165) is 29.7 Å². The number of nitrogens with zero attached hydrogens (tertiary/aromatic N) is 2. The van der Waals surface area contributed by atoms with Gasteiger partial charge in [-0.15, -0.1) is 0 Å². The largest absolute Gasteiger partial charge is 0.497 e. The number of amides is 1. The van der Waals surface area contributed by atoms with Crippen LogP contribution in [0.15, 0.2) is 53.5 Å². The first-order chi connectivity index (χ1) is 16.8. The molecule has 0 bridgehead atoms. The quantitative estimate of drug-likeness (QED) is 0.471. The number of pyridine rings is 1. The second-order valence-corrected chi connectivity index (χ2v) is 9.12. The molecule has 1 aliphatic heterocycles. The fraction of sp³-hybridized carbons (Fsp3) is 0.333. The van der Waals surface area contributed by atoms with Crippen LogP contribution in [0.5, 0.6) is 5.75 Å². The molecule has 2 heterocycles. The number of nitrogens with one attached hydrogen (secondary N) is 1. The van der Waals surface area contributed by atoms with Gasteiger partial charge in [-0.1, -0.05) is 23.7 Å². The van der Waals surface area contributed by atoms with E-state index in [0.29, 0.717) is 36.6 Å². The molecule has 35 heavy (non-hydrogen) atoms. The fourth-order valence-electron chi connectivity index (χ4n) is 4.51. The smallest absolute Gasteiger partial charge is 0.271 e.